The number of rotatable bonds is 6. The molecule has 2 aromatic carbocycles. The average molecular weight is 370 g/mol. The molecule has 0 bridgehead atoms. The number of imidazole rings is 1. The first-order valence-electron chi connectivity index (χ1n) is 8.14. The van der Waals surface area contributed by atoms with E-state index in [9.17, 15) is 0 Å². The third-order valence-electron chi connectivity index (χ3n) is 4.12. The zero-order valence-electron chi connectivity index (χ0n) is 13.5. The molecule has 0 saturated heterocycles. The lowest BCUT2D eigenvalue weighted by Gasteiger charge is -2.05. The molecule has 0 spiro atoms. The van der Waals surface area contributed by atoms with E-state index >= 15 is 0 Å². The van der Waals surface area contributed by atoms with Crippen LogP contribution in [0.15, 0.2) is 65.7 Å². The third kappa shape index (κ3) is 3.11. The first-order chi connectivity index (χ1) is 11.3. The van der Waals surface area contributed by atoms with Gasteiger partial charge in [0.1, 0.15) is 6.54 Å². The monoisotopic (exact) mass is 369 g/mol. The Hall–Kier alpha value is -1.87. The summed E-state index contributed by atoms with van der Waals surface area (Å²) in [5.74, 6) is 1.26. The molecule has 0 saturated carbocycles. The summed E-state index contributed by atoms with van der Waals surface area (Å²) in [6.07, 6.45) is 4.34. The molecule has 3 rings (SSSR count). The maximum Gasteiger partial charge on any atom is 0.290 e. The maximum atomic E-state index is 3.95. The lowest BCUT2D eigenvalue weighted by atomic mass is 10.2. The number of benzene rings is 2. The number of aromatic nitrogens is 2. The molecule has 118 valence electrons. The Balaban J connectivity index is 2.28. The number of halogens is 1. The predicted molar refractivity (Wildman–Crippen MR) is 100 cm³/mol. The van der Waals surface area contributed by atoms with Crippen LogP contribution in [-0.4, -0.2) is 4.57 Å². The van der Waals surface area contributed by atoms with Crippen molar-refractivity contribution in [3.63, 3.8) is 0 Å². The highest BCUT2D eigenvalue weighted by Gasteiger charge is 2.25. The van der Waals surface area contributed by atoms with Gasteiger partial charge >= 0.3 is 0 Å². The predicted octanol–water partition coefficient (Wildman–Crippen LogP) is 5.34. The van der Waals surface area contributed by atoms with Gasteiger partial charge in [0.15, 0.2) is 11.0 Å². The van der Waals surface area contributed by atoms with Gasteiger partial charge in [-0.25, -0.2) is 9.13 Å². The number of aryl methyl sites for hydroxylation is 1. The lowest BCUT2D eigenvalue weighted by Crippen LogP contribution is -2.35. The van der Waals surface area contributed by atoms with Gasteiger partial charge in [0.25, 0.3) is 5.82 Å². The molecule has 3 heteroatoms. The van der Waals surface area contributed by atoms with Crippen molar-refractivity contribution in [2.75, 3.05) is 0 Å². The van der Waals surface area contributed by atoms with Gasteiger partial charge in [0, 0.05) is 4.47 Å². The highest BCUT2D eigenvalue weighted by molar-refractivity contribution is 9.10. The van der Waals surface area contributed by atoms with E-state index in [0.29, 0.717) is 0 Å². The molecule has 2 nitrogen and oxygen atoms in total. The van der Waals surface area contributed by atoms with Crippen LogP contribution < -0.4 is 4.57 Å². The Morgan fingerprint density at radius 2 is 1.87 bits per heavy atom. The lowest BCUT2D eigenvalue weighted by molar-refractivity contribution is -0.661. The highest BCUT2D eigenvalue weighted by Crippen LogP contribution is 2.25. The van der Waals surface area contributed by atoms with Crippen LogP contribution in [0, 0.1) is 0 Å². The summed E-state index contributed by atoms with van der Waals surface area (Å²) >= 11 is 3.53. The van der Waals surface area contributed by atoms with Crippen molar-refractivity contribution in [1.82, 2.24) is 4.57 Å². The number of unbranched alkanes of at least 4 members (excludes halogenated alkanes) is 1. The number of allylic oxidation sites excluding steroid dienone is 1. The van der Waals surface area contributed by atoms with Gasteiger partial charge in [-0.15, -0.1) is 0 Å². The number of para-hydroxylation sites is 2. The van der Waals surface area contributed by atoms with Gasteiger partial charge < -0.3 is 0 Å². The summed E-state index contributed by atoms with van der Waals surface area (Å²) < 4.78 is 5.92. The molecule has 1 heterocycles. The van der Waals surface area contributed by atoms with Gasteiger partial charge in [-0.2, -0.15) is 0 Å². The van der Waals surface area contributed by atoms with E-state index in [0.717, 1.165) is 17.6 Å². The average Bonchev–Trinajstić information content (AvgIpc) is 2.88. The first kappa shape index (κ1) is 16.0. The largest absolute Gasteiger partial charge is 0.290 e. The molecule has 1 aromatic heterocycles. The molecule has 0 unspecified atom stereocenters. The van der Waals surface area contributed by atoms with Crippen molar-refractivity contribution in [2.24, 2.45) is 0 Å². The zero-order valence-corrected chi connectivity index (χ0v) is 15.1. The minimum Gasteiger partial charge on any atom is -0.223 e. The quantitative estimate of drug-likeness (QED) is 0.409. The van der Waals surface area contributed by atoms with Gasteiger partial charge in [-0.05, 0) is 42.8 Å². The van der Waals surface area contributed by atoms with E-state index in [1.165, 1.54) is 35.3 Å². The first-order valence-corrected chi connectivity index (χ1v) is 8.93. The fraction of sp³-hybridized carbons (Fsp3) is 0.250. The van der Waals surface area contributed by atoms with Crippen LogP contribution in [0.1, 0.15) is 19.8 Å². The summed E-state index contributed by atoms with van der Waals surface area (Å²) in [7, 11) is 0. The zero-order chi connectivity index (χ0) is 16.2. The molecule has 23 heavy (non-hydrogen) atoms. The highest BCUT2D eigenvalue weighted by atomic mass is 79.9. The van der Waals surface area contributed by atoms with Gasteiger partial charge in [0.05, 0.1) is 12.1 Å². The maximum absolute atomic E-state index is 3.95. The van der Waals surface area contributed by atoms with E-state index in [4.69, 9.17) is 0 Å². The Morgan fingerprint density at radius 1 is 1.13 bits per heavy atom. The normalized spacial score (nSPS) is 11.0. The smallest absolute Gasteiger partial charge is 0.223 e. The van der Waals surface area contributed by atoms with E-state index in [1.54, 1.807) is 0 Å². The van der Waals surface area contributed by atoms with E-state index in [2.05, 4.69) is 87.1 Å². The van der Waals surface area contributed by atoms with Crippen molar-refractivity contribution in [2.45, 2.75) is 32.9 Å². The van der Waals surface area contributed by atoms with E-state index < -0.39 is 0 Å². The van der Waals surface area contributed by atoms with Gasteiger partial charge in [-0.1, -0.05) is 54.1 Å². The molecule has 0 aliphatic carbocycles. The van der Waals surface area contributed by atoms with Crippen LogP contribution in [-0.2, 0) is 13.1 Å². The van der Waals surface area contributed by atoms with Crippen LogP contribution in [0.3, 0.4) is 0 Å². The Morgan fingerprint density at radius 3 is 2.57 bits per heavy atom. The minimum atomic E-state index is 0.811. The fourth-order valence-electron chi connectivity index (χ4n) is 3.06. The number of nitrogens with zero attached hydrogens (tertiary/aromatic N) is 2. The molecule has 0 fully saturated rings. The van der Waals surface area contributed by atoms with Crippen molar-refractivity contribution < 1.29 is 4.57 Å². The molecule has 3 aromatic rings. The van der Waals surface area contributed by atoms with Crippen LogP contribution in [0.5, 0.6) is 0 Å². The van der Waals surface area contributed by atoms with Crippen LogP contribution in [0.4, 0.5) is 0 Å². The number of hydrogen-bond donors (Lipinski definition) is 0. The SMILES string of the molecule is C=CCn1c(-c2ccc(Br)cc2)[n+](CCCC)c2ccccc21. The second-order valence-corrected chi connectivity index (χ2v) is 6.64. The molecule has 0 aliphatic rings. The van der Waals surface area contributed by atoms with Crippen LogP contribution in [0.25, 0.3) is 22.4 Å². The summed E-state index contributed by atoms with van der Waals surface area (Å²) in [5.41, 5.74) is 3.80. The number of hydrogen-bond acceptors (Lipinski definition) is 0. The van der Waals surface area contributed by atoms with E-state index in [-0.39, 0.29) is 0 Å². The van der Waals surface area contributed by atoms with Crippen molar-refractivity contribution in [1.29, 1.82) is 0 Å². The van der Waals surface area contributed by atoms with E-state index in [1.807, 2.05) is 6.08 Å². The Kier molecular flexibility index (Phi) is 4.97. The minimum absolute atomic E-state index is 0.811. The summed E-state index contributed by atoms with van der Waals surface area (Å²) in [6.45, 7) is 8.03. The van der Waals surface area contributed by atoms with Crippen molar-refractivity contribution in [3.05, 3.63) is 65.7 Å². The molecule has 0 atom stereocenters. The molecule has 0 N–H and O–H groups in total. The Bertz CT molecular complexity index is 816. The Labute approximate surface area is 146 Å². The van der Waals surface area contributed by atoms with Crippen molar-refractivity contribution >= 4 is 27.0 Å². The second kappa shape index (κ2) is 7.14. The molecule has 0 radical (unpaired) electrons. The standard InChI is InChI=1S/C20H22BrN2/c1-3-5-15-23-19-9-7-6-8-18(19)22(14-4-2)20(23)16-10-12-17(21)13-11-16/h4,6-13H,2-3,5,14-15H2,1H3/q+1. The van der Waals surface area contributed by atoms with Gasteiger partial charge in [0.2, 0.25) is 0 Å². The van der Waals surface area contributed by atoms with Crippen LogP contribution >= 0.6 is 15.9 Å². The topological polar surface area (TPSA) is 8.81 Å². The summed E-state index contributed by atoms with van der Waals surface area (Å²) in [4.78, 5) is 0. The van der Waals surface area contributed by atoms with Gasteiger partial charge in [-0.3, -0.25) is 0 Å². The molecule has 0 aliphatic heterocycles. The molecule has 0 amide bonds. The van der Waals surface area contributed by atoms with Crippen LogP contribution in [0.2, 0.25) is 0 Å². The number of fused-ring (bicyclic) bond motifs is 1. The van der Waals surface area contributed by atoms with Crippen molar-refractivity contribution in [3.8, 4) is 11.4 Å². The second-order valence-electron chi connectivity index (χ2n) is 5.72. The summed E-state index contributed by atoms with van der Waals surface area (Å²) in [6, 6.07) is 17.2. The molecular formula is C20H22BrN2+. The fourth-order valence-corrected chi connectivity index (χ4v) is 3.33. The summed E-state index contributed by atoms with van der Waals surface area (Å²) in [5, 5.41) is 0. The third-order valence-corrected chi connectivity index (χ3v) is 4.65. The molecular weight excluding hydrogens is 348 g/mol.